The fourth-order valence-corrected chi connectivity index (χ4v) is 2.60. The first-order chi connectivity index (χ1) is 9.81. The van der Waals surface area contributed by atoms with Gasteiger partial charge in [0.05, 0.1) is 11.5 Å². The highest BCUT2D eigenvalue weighted by Gasteiger charge is 2.11. The number of hydrogen-bond acceptors (Lipinski definition) is 5. The van der Waals surface area contributed by atoms with Crippen LogP contribution in [0, 0.1) is 13.8 Å². The van der Waals surface area contributed by atoms with Gasteiger partial charge in [-0.3, -0.25) is 0 Å². The van der Waals surface area contributed by atoms with Gasteiger partial charge >= 0.3 is 0 Å². The number of pyridine rings is 1. The molecule has 1 N–H and O–H groups in total. The number of rotatable bonds is 4. The number of hydrogen-bond donors (Lipinski definition) is 1. The molecule has 0 saturated carbocycles. The van der Waals surface area contributed by atoms with Crippen LogP contribution in [-0.4, -0.2) is 24.8 Å². The summed E-state index contributed by atoms with van der Waals surface area (Å²) < 4.78 is 28.5. The summed E-state index contributed by atoms with van der Waals surface area (Å²) in [6.07, 6.45) is 1.15. The summed E-state index contributed by atoms with van der Waals surface area (Å²) in [6, 6.07) is 7.96. The van der Waals surface area contributed by atoms with Crippen LogP contribution in [-0.2, 0) is 16.4 Å². The van der Waals surface area contributed by atoms with Crippen molar-refractivity contribution in [1.29, 1.82) is 0 Å². The van der Waals surface area contributed by atoms with Gasteiger partial charge in [-0.25, -0.2) is 13.4 Å². The second-order valence-corrected chi connectivity index (χ2v) is 6.88. The van der Waals surface area contributed by atoms with E-state index in [1.807, 2.05) is 19.9 Å². The Hall–Kier alpha value is -1.92. The number of sulfone groups is 1. The predicted octanol–water partition coefficient (Wildman–Crippen LogP) is 2.39. The molecular weight excluding hydrogens is 290 g/mol. The minimum atomic E-state index is -3.23. The number of aromatic nitrogens is 1. The largest absolute Gasteiger partial charge is 0.439 e. The zero-order valence-corrected chi connectivity index (χ0v) is 12.9. The van der Waals surface area contributed by atoms with Gasteiger partial charge in [-0.2, -0.15) is 0 Å². The lowest BCUT2D eigenvalue weighted by Gasteiger charge is -2.12. The summed E-state index contributed by atoms with van der Waals surface area (Å²) in [4.78, 5) is 4.50. The van der Waals surface area contributed by atoms with Crippen LogP contribution in [0.25, 0.3) is 0 Å². The molecule has 1 aromatic heterocycles. The van der Waals surface area contributed by atoms with Crippen molar-refractivity contribution in [1.82, 2.24) is 4.98 Å². The lowest BCUT2D eigenvalue weighted by Crippen LogP contribution is -2.00. The van der Waals surface area contributed by atoms with E-state index in [-0.39, 0.29) is 11.5 Å². The van der Waals surface area contributed by atoms with Crippen molar-refractivity contribution in [3.63, 3.8) is 0 Å². The molecule has 0 spiro atoms. The summed E-state index contributed by atoms with van der Waals surface area (Å²) in [5, 5.41) is 9.42. The van der Waals surface area contributed by atoms with E-state index in [0.717, 1.165) is 17.5 Å². The van der Waals surface area contributed by atoms with Crippen molar-refractivity contribution in [2.75, 3.05) is 6.26 Å². The summed E-state index contributed by atoms with van der Waals surface area (Å²) in [5.41, 5.74) is 2.30. The van der Waals surface area contributed by atoms with Crippen LogP contribution in [0.15, 0.2) is 35.2 Å². The predicted molar refractivity (Wildman–Crippen MR) is 79.3 cm³/mol. The fraction of sp³-hybridized carbons (Fsp3) is 0.267. The normalized spacial score (nSPS) is 11.4. The second-order valence-electron chi connectivity index (χ2n) is 4.87. The minimum Gasteiger partial charge on any atom is -0.439 e. The van der Waals surface area contributed by atoms with E-state index in [4.69, 9.17) is 4.74 Å². The number of nitrogens with zero attached hydrogens (tertiary/aromatic N) is 1. The quantitative estimate of drug-likeness (QED) is 0.938. The lowest BCUT2D eigenvalue weighted by atomic mass is 10.1. The third-order valence-corrected chi connectivity index (χ3v) is 4.19. The molecule has 0 aliphatic rings. The highest BCUT2D eigenvalue weighted by Crippen LogP contribution is 2.27. The van der Waals surface area contributed by atoms with Gasteiger partial charge in [0.25, 0.3) is 0 Å². The van der Waals surface area contributed by atoms with Gasteiger partial charge < -0.3 is 9.84 Å². The number of ether oxygens (including phenoxy) is 1. The first-order valence-electron chi connectivity index (χ1n) is 6.37. The van der Waals surface area contributed by atoms with Crippen LogP contribution in [0.3, 0.4) is 0 Å². The average molecular weight is 307 g/mol. The van der Waals surface area contributed by atoms with E-state index in [2.05, 4.69) is 4.98 Å². The van der Waals surface area contributed by atoms with Gasteiger partial charge in [-0.15, -0.1) is 0 Å². The second kappa shape index (κ2) is 5.83. The molecule has 0 saturated heterocycles. The molecule has 0 fully saturated rings. The molecule has 2 rings (SSSR count). The number of benzene rings is 1. The van der Waals surface area contributed by atoms with Gasteiger partial charge in [0.15, 0.2) is 9.84 Å². The van der Waals surface area contributed by atoms with E-state index in [1.165, 1.54) is 12.1 Å². The third kappa shape index (κ3) is 3.59. The molecule has 0 aliphatic heterocycles. The van der Waals surface area contributed by atoms with Crippen molar-refractivity contribution >= 4 is 9.84 Å². The van der Waals surface area contributed by atoms with Crippen molar-refractivity contribution < 1.29 is 18.3 Å². The van der Waals surface area contributed by atoms with Crippen LogP contribution in [0.2, 0.25) is 0 Å². The van der Waals surface area contributed by atoms with Gasteiger partial charge in [-0.05, 0) is 49.7 Å². The Balaban J connectivity index is 2.34. The molecule has 0 bridgehead atoms. The Kier molecular flexibility index (Phi) is 4.29. The van der Waals surface area contributed by atoms with E-state index < -0.39 is 9.84 Å². The molecule has 5 nitrogen and oxygen atoms in total. The topological polar surface area (TPSA) is 76.5 Å². The number of aryl methyl sites for hydroxylation is 2. The molecule has 0 radical (unpaired) electrons. The molecule has 112 valence electrons. The van der Waals surface area contributed by atoms with E-state index in [9.17, 15) is 13.5 Å². The Morgan fingerprint density at radius 2 is 1.81 bits per heavy atom. The molecule has 0 atom stereocenters. The SMILES string of the molecule is Cc1cc(C)c(CO)c(Oc2ccc(S(C)(=O)=O)cc2)n1. The summed E-state index contributed by atoms with van der Waals surface area (Å²) in [5.74, 6) is 0.803. The van der Waals surface area contributed by atoms with E-state index in [1.54, 1.807) is 12.1 Å². The monoisotopic (exact) mass is 307 g/mol. The molecule has 0 aliphatic carbocycles. The fourth-order valence-electron chi connectivity index (χ4n) is 1.97. The third-order valence-electron chi connectivity index (χ3n) is 3.06. The molecule has 21 heavy (non-hydrogen) atoms. The smallest absolute Gasteiger partial charge is 0.225 e. The van der Waals surface area contributed by atoms with Crippen LogP contribution < -0.4 is 4.74 Å². The van der Waals surface area contributed by atoms with E-state index >= 15 is 0 Å². The van der Waals surface area contributed by atoms with Crippen molar-refractivity contribution in [3.8, 4) is 11.6 Å². The highest BCUT2D eigenvalue weighted by atomic mass is 32.2. The maximum absolute atomic E-state index is 11.4. The minimum absolute atomic E-state index is 0.171. The van der Waals surface area contributed by atoms with Crippen LogP contribution in [0.4, 0.5) is 0 Å². The lowest BCUT2D eigenvalue weighted by molar-refractivity contribution is 0.274. The Morgan fingerprint density at radius 3 is 2.33 bits per heavy atom. The highest BCUT2D eigenvalue weighted by molar-refractivity contribution is 7.90. The summed E-state index contributed by atoms with van der Waals surface area (Å²) >= 11 is 0. The molecule has 6 heteroatoms. The van der Waals surface area contributed by atoms with Gasteiger partial charge in [0.2, 0.25) is 5.88 Å². The molecule has 2 aromatic rings. The number of aliphatic hydroxyl groups excluding tert-OH is 1. The standard InChI is InChI=1S/C15H17NO4S/c1-10-8-11(2)16-15(14(10)9-17)20-12-4-6-13(7-5-12)21(3,18)19/h4-8,17H,9H2,1-3H3. The Labute approximate surface area is 124 Å². The van der Waals surface area contributed by atoms with E-state index in [0.29, 0.717) is 17.2 Å². The summed E-state index contributed by atoms with van der Waals surface area (Å²) in [6.45, 7) is 3.55. The van der Waals surface area contributed by atoms with Crippen molar-refractivity contribution in [2.45, 2.75) is 25.3 Å². The molecule has 1 heterocycles. The molecule has 1 aromatic carbocycles. The molecule has 0 unspecified atom stereocenters. The van der Waals surface area contributed by atoms with Crippen LogP contribution in [0.1, 0.15) is 16.8 Å². The zero-order valence-electron chi connectivity index (χ0n) is 12.1. The van der Waals surface area contributed by atoms with Gasteiger partial charge in [-0.1, -0.05) is 0 Å². The van der Waals surface area contributed by atoms with Gasteiger partial charge in [0, 0.05) is 17.5 Å². The molecular formula is C15H17NO4S. The zero-order chi connectivity index (χ0) is 15.6. The maximum Gasteiger partial charge on any atom is 0.225 e. The summed E-state index contributed by atoms with van der Waals surface area (Å²) in [7, 11) is -3.23. The van der Waals surface area contributed by atoms with Crippen molar-refractivity contribution in [3.05, 3.63) is 47.2 Å². The first-order valence-corrected chi connectivity index (χ1v) is 8.26. The maximum atomic E-state index is 11.4. The average Bonchev–Trinajstić information content (AvgIpc) is 2.38. The molecule has 0 amide bonds. The van der Waals surface area contributed by atoms with Crippen LogP contribution in [0.5, 0.6) is 11.6 Å². The van der Waals surface area contributed by atoms with Crippen molar-refractivity contribution in [2.24, 2.45) is 0 Å². The first kappa shape index (κ1) is 15.5. The Bertz CT molecular complexity index is 752. The van der Waals surface area contributed by atoms with Crippen LogP contribution >= 0.6 is 0 Å². The van der Waals surface area contributed by atoms with Gasteiger partial charge in [0.1, 0.15) is 5.75 Å². The number of aliphatic hydroxyl groups is 1. The Morgan fingerprint density at radius 1 is 1.19 bits per heavy atom.